The van der Waals surface area contributed by atoms with Gasteiger partial charge in [-0.3, -0.25) is 10.1 Å². The third kappa shape index (κ3) is 2.02. The molecule has 25 heavy (non-hydrogen) atoms. The molecular formula is C19H17ClN2O3. The molecule has 6 heteroatoms. The van der Waals surface area contributed by atoms with E-state index >= 15 is 0 Å². The molecule has 0 fully saturated rings. The predicted molar refractivity (Wildman–Crippen MR) is 98.4 cm³/mol. The maximum absolute atomic E-state index is 11.0. The van der Waals surface area contributed by atoms with E-state index in [1.165, 1.54) is 12.1 Å². The molecular weight excluding hydrogens is 340 g/mol. The molecule has 2 aliphatic heterocycles. The molecule has 0 aromatic heterocycles. The number of nitro benzene ring substituents is 1. The number of non-ortho nitro benzene ring substituents is 1. The lowest BCUT2D eigenvalue weighted by Gasteiger charge is -2.45. The van der Waals surface area contributed by atoms with Crippen molar-refractivity contribution >= 4 is 29.1 Å². The van der Waals surface area contributed by atoms with Gasteiger partial charge in [0, 0.05) is 35.5 Å². The van der Waals surface area contributed by atoms with E-state index in [1.807, 2.05) is 37.4 Å². The maximum Gasteiger partial charge on any atom is 0.270 e. The largest absolute Gasteiger partial charge is 0.463 e. The summed E-state index contributed by atoms with van der Waals surface area (Å²) in [5, 5.41) is 11.7. The molecule has 2 heterocycles. The fourth-order valence-corrected chi connectivity index (χ4v) is 4.06. The summed E-state index contributed by atoms with van der Waals surface area (Å²) in [6, 6.07) is 10.5. The molecule has 2 aromatic carbocycles. The molecule has 5 nitrogen and oxygen atoms in total. The molecule has 1 atom stereocenters. The number of halogens is 1. The Bertz CT molecular complexity index is 938. The first kappa shape index (κ1) is 16.0. The molecule has 2 aromatic rings. The summed E-state index contributed by atoms with van der Waals surface area (Å²) < 4.78 is 6.44. The van der Waals surface area contributed by atoms with Crippen molar-refractivity contribution in [3.63, 3.8) is 0 Å². The summed E-state index contributed by atoms with van der Waals surface area (Å²) in [7, 11) is 1.98. The van der Waals surface area contributed by atoms with Crippen molar-refractivity contribution in [1.82, 2.24) is 0 Å². The molecule has 128 valence electrons. The highest BCUT2D eigenvalue weighted by atomic mass is 35.5. The molecule has 0 bridgehead atoms. The van der Waals surface area contributed by atoms with Crippen LogP contribution in [0.5, 0.6) is 5.75 Å². The molecule has 2 aliphatic rings. The van der Waals surface area contributed by atoms with Gasteiger partial charge >= 0.3 is 0 Å². The average Bonchev–Trinajstić information content (AvgIpc) is 2.73. The minimum atomic E-state index is -0.719. The second kappa shape index (κ2) is 4.99. The Morgan fingerprint density at radius 2 is 1.96 bits per heavy atom. The Kier molecular flexibility index (Phi) is 3.19. The van der Waals surface area contributed by atoms with Gasteiger partial charge in [-0.25, -0.2) is 0 Å². The molecule has 0 radical (unpaired) electrons. The summed E-state index contributed by atoms with van der Waals surface area (Å²) in [6.45, 7) is 4.26. The van der Waals surface area contributed by atoms with Gasteiger partial charge in [0.2, 0.25) is 5.72 Å². The summed E-state index contributed by atoms with van der Waals surface area (Å²) >= 11 is 6.19. The van der Waals surface area contributed by atoms with Crippen molar-refractivity contribution in [3.05, 3.63) is 68.7 Å². The van der Waals surface area contributed by atoms with Gasteiger partial charge in [-0.15, -0.1) is 0 Å². The number of rotatable bonds is 1. The molecule has 0 saturated heterocycles. The van der Waals surface area contributed by atoms with Crippen LogP contribution in [0.15, 0.2) is 42.5 Å². The van der Waals surface area contributed by atoms with Crippen molar-refractivity contribution < 1.29 is 9.66 Å². The fourth-order valence-electron chi connectivity index (χ4n) is 3.90. The number of hydrogen-bond donors (Lipinski definition) is 0. The molecule has 1 spiro atoms. The SMILES string of the molecule is CN1c2cc(Cl)ccc2C(C)(C)C12C=Cc1cc([N+](=O)[O-])ccc1O2. The van der Waals surface area contributed by atoms with E-state index in [4.69, 9.17) is 16.3 Å². The fraction of sp³-hybridized carbons (Fsp3) is 0.263. The van der Waals surface area contributed by atoms with E-state index in [-0.39, 0.29) is 11.1 Å². The van der Waals surface area contributed by atoms with E-state index in [2.05, 4.69) is 18.7 Å². The van der Waals surface area contributed by atoms with Crippen LogP contribution in [0.1, 0.15) is 25.0 Å². The zero-order valence-corrected chi connectivity index (χ0v) is 14.9. The molecule has 0 N–H and O–H groups in total. The molecule has 0 aliphatic carbocycles. The standard InChI is InChI=1S/C19H17ClN2O3/c1-18(2)15-6-4-13(20)11-16(15)21(3)19(18)9-8-12-10-14(22(23)24)5-7-17(12)25-19/h4-11H,1-3H3. The van der Waals surface area contributed by atoms with Crippen molar-refractivity contribution in [2.75, 3.05) is 11.9 Å². The Hall–Kier alpha value is -2.53. The second-order valence-electron chi connectivity index (χ2n) is 6.96. The first-order valence-corrected chi connectivity index (χ1v) is 8.35. The lowest BCUT2D eigenvalue weighted by molar-refractivity contribution is -0.384. The first-order chi connectivity index (χ1) is 11.8. The van der Waals surface area contributed by atoms with E-state index in [0.717, 1.165) is 11.3 Å². The van der Waals surface area contributed by atoms with E-state index < -0.39 is 10.6 Å². The zero-order chi connectivity index (χ0) is 18.0. The van der Waals surface area contributed by atoms with Crippen molar-refractivity contribution in [2.45, 2.75) is 25.0 Å². The number of nitrogens with zero attached hydrogens (tertiary/aromatic N) is 2. The highest BCUT2D eigenvalue weighted by Crippen LogP contribution is 2.54. The minimum absolute atomic E-state index is 0.0528. The number of anilines is 1. The van der Waals surface area contributed by atoms with Crippen LogP contribution in [0.4, 0.5) is 11.4 Å². The highest BCUT2D eigenvalue weighted by molar-refractivity contribution is 6.31. The van der Waals surface area contributed by atoms with Crippen LogP contribution < -0.4 is 9.64 Å². The van der Waals surface area contributed by atoms with E-state index in [1.54, 1.807) is 6.07 Å². The Balaban J connectivity index is 1.84. The Labute approximate surface area is 150 Å². The van der Waals surface area contributed by atoms with Gasteiger partial charge in [-0.05, 0) is 49.8 Å². The van der Waals surface area contributed by atoms with Crippen LogP contribution in [0.2, 0.25) is 5.02 Å². The summed E-state index contributed by atoms with van der Waals surface area (Å²) in [5.41, 5.74) is 1.87. The number of benzene rings is 2. The third-order valence-electron chi connectivity index (χ3n) is 5.35. The molecule has 4 rings (SSSR count). The van der Waals surface area contributed by atoms with Crippen LogP contribution in [0, 0.1) is 10.1 Å². The summed E-state index contributed by atoms with van der Waals surface area (Å²) in [5.74, 6) is 0.631. The topological polar surface area (TPSA) is 55.6 Å². The van der Waals surface area contributed by atoms with Gasteiger partial charge in [-0.1, -0.05) is 17.7 Å². The quantitative estimate of drug-likeness (QED) is 0.545. The van der Waals surface area contributed by atoms with Crippen LogP contribution in [0.3, 0.4) is 0 Å². The van der Waals surface area contributed by atoms with Gasteiger partial charge < -0.3 is 9.64 Å². The van der Waals surface area contributed by atoms with Crippen LogP contribution in [-0.4, -0.2) is 17.7 Å². The van der Waals surface area contributed by atoms with Crippen LogP contribution in [-0.2, 0) is 5.41 Å². The third-order valence-corrected chi connectivity index (χ3v) is 5.58. The molecule has 0 amide bonds. The average molecular weight is 357 g/mol. The number of hydrogen-bond acceptors (Lipinski definition) is 4. The summed E-state index contributed by atoms with van der Waals surface area (Å²) in [4.78, 5) is 12.7. The summed E-state index contributed by atoms with van der Waals surface area (Å²) in [6.07, 6.45) is 3.88. The Morgan fingerprint density at radius 3 is 2.68 bits per heavy atom. The monoisotopic (exact) mass is 356 g/mol. The number of nitro groups is 1. The van der Waals surface area contributed by atoms with E-state index in [0.29, 0.717) is 16.3 Å². The van der Waals surface area contributed by atoms with Crippen LogP contribution >= 0.6 is 11.6 Å². The maximum atomic E-state index is 11.0. The molecule has 1 unspecified atom stereocenters. The van der Waals surface area contributed by atoms with Gasteiger partial charge in [0.15, 0.2) is 0 Å². The van der Waals surface area contributed by atoms with Crippen molar-refractivity contribution in [1.29, 1.82) is 0 Å². The normalized spacial score (nSPS) is 22.5. The van der Waals surface area contributed by atoms with Crippen LogP contribution in [0.25, 0.3) is 6.08 Å². The smallest absolute Gasteiger partial charge is 0.270 e. The second-order valence-corrected chi connectivity index (χ2v) is 7.39. The van der Waals surface area contributed by atoms with Gasteiger partial charge in [-0.2, -0.15) is 0 Å². The number of fused-ring (bicyclic) bond motifs is 2. The first-order valence-electron chi connectivity index (χ1n) is 7.97. The van der Waals surface area contributed by atoms with Gasteiger partial charge in [0.05, 0.1) is 10.3 Å². The highest BCUT2D eigenvalue weighted by Gasteiger charge is 2.57. The minimum Gasteiger partial charge on any atom is -0.463 e. The zero-order valence-electron chi connectivity index (χ0n) is 14.1. The van der Waals surface area contributed by atoms with E-state index in [9.17, 15) is 10.1 Å². The van der Waals surface area contributed by atoms with Crippen molar-refractivity contribution in [2.24, 2.45) is 0 Å². The molecule has 0 saturated carbocycles. The number of likely N-dealkylation sites (N-methyl/N-ethyl adjacent to an activating group) is 1. The lowest BCUT2D eigenvalue weighted by atomic mass is 9.76. The van der Waals surface area contributed by atoms with Gasteiger partial charge in [0.1, 0.15) is 5.75 Å². The predicted octanol–water partition coefficient (Wildman–Crippen LogP) is 4.78. The van der Waals surface area contributed by atoms with Crippen molar-refractivity contribution in [3.8, 4) is 5.75 Å². The Morgan fingerprint density at radius 1 is 1.20 bits per heavy atom. The van der Waals surface area contributed by atoms with Gasteiger partial charge in [0.25, 0.3) is 5.69 Å². The lowest BCUT2D eigenvalue weighted by Crippen LogP contribution is -2.58. The number of ether oxygens (including phenoxy) is 1.